The molecule has 0 aromatic heterocycles. The number of rotatable bonds is 5. The monoisotopic (exact) mass is 335 g/mol. The van der Waals surface area contributed by atoms with Gasteiger partial charge in [0.15, 0.2) is 0 Å². The first-order valence-corrected chi connectivity index (χ1v) is 6.51. The summed E-state index contributed by atoms with van der Waals surface area (Å²) in [7, 11) is 0. The van der Waals surface area contributed by atoms with Crippen LogP contribution in [0.1, 0.15) is 19.3 Å². The van der Waals surface area contributed by atoms with Gasteiger partial charge < -0.3 is 9.64 Å². The van der Waals surface area contributed by atoms with Gasteiger partial charge >= 0.3 is 5.97 Å². The lowest BCUT2D eigenvalue weighted by Gasteiger charge is -2.22. The quantitative estimate of drug-likeness (QED) is 0.273. The molecule has 0 spiro atoms. The number of halogens is 5. The van der Waals surface area contributed by atoms with Crippen LogP contribution in [0.3, 0.4) is 0 Å². The van der Waals surface area contributed by atoms with Crippen LogP contribution in [-0.2, 0) is 9.59 Å². The molecule has 0 fully saturated rings. The number of hydrogen-bond donors (Lipinski definition) is 0. The first-order valence-electron chi connectivity index (χ1n) is 6.51. The Kier molecular flexibility index (Phi) is 4.97. The molecule has 2 rings (SSSR count). The molecule has 1 amide bonds. The van der Waals surface area contributed by atoms with Gasteiger partial charge in [-0.05, 0) is 12.5 Å². The van der Waals surface area contributed by atoms with Gasteiger partial charge in [0.1, 0.15) is 0 Å². The van der Waals surface area contributed by atoms with Crippen LogP contribution in [0.2, 0.25) is 0 Å². The van der Waals surface area contributed by atoms with Crippen molar-refractivity contribution in [1.82, 2.24) is 4.90 Å². The number of esters is 1. The van der Waals surface area contributed by atoms with Crippen LogP contribution in [-0.4, -0.2) is 23.3 Å². The van der Waals surface area contributed by atoms with Crippen LogP contribution in [0.25, 0.3) is 0 Å². The predicted octanol–water partition coefficient (Wildman–Crippen LogP) is 2.81. The summed E-state index contributed by atoms with van der Waals surface area (Å²) in [5, 5.41) is 0. The minimum Gasteiger partial charge on any atom is -0.420 e. The SMILES string of the molecule is O=C(CCCC(=O)N1C=CC1)Oc1c(F)c(F)c(F)c(F)c1F. The lowest BCUT2D eigenvalue weighted by molar-refractivity contribution is -0.135. The summed E-state index contributed by atoms with van der Waals surface area (Å²) in [6.45, 7) is 0.466. The van der Waals surface area contributed by atoms with E-state index in [1.54, 1.807) is 12.3 Å². The van der Waals surface area contributed by atoms with Gasteiger partial charge in [0.2, 0.25) is 40.7 Å². The molecule has 0 saturated carbocycles. The third kappa shape index (κ3) is 3.49. The Hall–Kier alpha value is -2.45. The van der Waals surface area contributed by atoms with E-state index in [-0.39, 0.29) is 18.7 Å². The topological polar surface area (TPSA) is 46.6 Å². The van der Waals surface area contributed by atoms with Crippen molar-refractivity contribution in [2.45, 2.75) is 19.3 Å². The minimum atomic E-state index is -2.34. The molecule has 23 heavy (non-hydrogen) atoms. The predicted molar refractivity (Wildman–Crippen MR) is 66.6 cm³/mol. The van der Waals surface area contributed by atoms with Crippen molar-refractivity contribution < 1.29 is 36.3 Å². The van der Waals surface area contributed by atoms with E-state index >= 15 is 0 Å². The van der Waals surface area contributed by atoms with Crippen molar-refractivity contribution in [3.05, 3.63) is 41.4 Å². The molecule has 0 unspecified atom stereocenters. The highest BCUT2D eigenvalue weighted by Crippen LogP contribution is 2.29. The smallest absolute Gasteiger partial charge is 0.311 e. The highest BCUT2D eigenvalue weighted by Gasteiger charge is 2.28. The minimum absolute atomic E-state index is 0.0113. The highest BCUT2D eigenvalue weighted by molar-refractivity contribution is 5.79. The maximum atomic E-state index is 13.3. The fraction of sp³-hybridized carbons (Fsp3) is 0.286. The maximum absolute atomic E-state index is 13.3. The maximum Gasteiger partial charge on any atom is 0.311 e. The Labute approximate surface area is 127 Å². The fourth-order valence-corrected chi connectivity index (χ4v) is 1.76. The van der Waals surface area contributed by atoms with E-state index in [0.717, 1.165) is 0 Å². The average molecular weight is 335 g/mol. The zero-order chi connectivity index (χ0) is 17.1. The van der Waals surface area contributed by atoms with E-state index in [4.69, 9.17) is 0 Å². The molecule has 1 aliphatic heterocycles. The summed E-state index contributed by atoms with van der Waals surface area (Å²) in [6.07, 6.45) is 2.88. The molecule has 1 aromatic carbocycles. The van der Waals surface area contributed by atoms with Gasteiger partial charge in [-0.3, -0.25) is 9.59 Å². The average Bonchev–Trinajstić information content (AvgIpc) is 2.46. The van der Waals surface area contributed by atoms with Crippen LogP contribution < -0.4 is 4.74 Å². The Bertz CT molecular complexity index is 660. The van der Waals surface area contributed by atoms with Gasteiger partial charge in [0, 0.05) is 25.6 Å². The van der Waals surface area contributed by atoms with Crippen molar-refractivity contribution in [2.75, 3.05) is 6.54 Å². The van der Waals surface area contributed by atoms with Gasteiger partial charge in [0.25, 0.3) is 0 Å². The molecular weight excluding hydrogens is 325 g/mol. The van der Waals surface area contributed by atoms with Crippen LogP contribution in [0.5, 0.6) is 5.75 Å². The standard InChI is InChI=1S/C14H10F5NO3/c15-9-10(16)12(18)14(13(19)11(9)17)23-8(22)4-1-3-7(21)20-5-2-6-20/h2,5H,1,3-4,6H2. The van der Waals surface area contributed by atoms with Crippen LogP contribution >= 0.6 is 0 Å². The second-order valence-corrected chi connectivity index (χ2v) is 4.66. The number of ether oxygens (including phenoxy) is 1. The van der Waals surface area contributed by atoms with Gasteiger partial charge in [-0.1, -0.05) is 0 Å². The van der Waals surface area contributed by atoms with Crippen molar-refractivity contribution >= 4 is 11.9 Å². The van der Waals surface area contributed by atoms with E-state index in [2.05, 4.69) is 4.74 Å². The lowest BCUT2D eigenvalue weighted by atomic mass is 10.2. The molecule has 0 aliphatic carbocycles. The normalized spacial score (nSPS) is 13.0. The van der Waals surface area contributed by atoms with Gasteiger partial charge in [0.05, 0.1) is 0 Å². The number of hydrogen-bond acceptors (Lipinski definition) is 3. The summed E-state index contributed by atoms with van der Waals surface area (Å²) >= 11 is 0. The number of carbonyl (C=O) groups excluding carboxylic acids is 2. The molecule has 0 bridgehead atoms. The molecule has 1 aromatic rings. The van der Waals surface area contributed by atoms with Crippen molar-refractivity contribution in [1.29, 1.82) is 0 Å². The van der Waals surface area contributed by atoms with Gasteiger partial charge in [-0.2, -0.15) is 8.78 Å². The van der Waals surface area contributed by atoms with Gasteiger partial charge in [-0.25, -0.2) is 13.2 Å². The van der Waals surface area contributed by atoms with Crippen LogP contribution in [0, 0.1) is 29.1 Å². The second-order valence-electron chi connectivity index (χ2n) is 4.66. The molecule has 9 heteroatoms. The molecule has 0 radical (unpaired) electrons. The Morgan fingerprint density at radius 1 is 0.957 bits per heavy atom. The molecule has 0 atom stereocenters. The summed E-state index contributed by atoms with van der Waals surface area (Å²) < 4.78 is 69.5. The third-order valence-electron chi connectivity index (χ3n) is 3.06. The van der Waals surface area contributed by atoms with E-state index in [1.165, 1.54) is 4.90 Å². The lowest BCUT2D eigenvalue weighted by Crippen LogP contribution is -2.31. The van der Waals surface area contributed by atoms with Crippen molar-refractivity contribution in [3.63, 3.8) is 0 Å². The van der Waals surface area contributed by atoms with E-state index in [1.807, 2.05) is 0 Å². The number of amides is 1. The zero-order valence-electron chi connectivity index (χ0n) is 11.5. The van der Waals surface area contributed by atoms with Crippen molar-refractivity contribution in [2.24, 2.45) is 0 Å². The molecular formula is C14H10F5NO3. The zero-order valence-corrected chi connectivity index (χ0v) is 11.5. The summed E-state index contributed by atoms with van der Waals surface area (Å²) in [5.41, 5.74) is 0. The Balaban J connectivity index is 1.95. The number of nitrogens with zero attached hydrogens (tertiary/aromatic N) is 1. The molecule has 1 heterocycles. The summed E-state index contributed by atoms with van der Waals surface area (Å²) in [5.74, 6) is -14.3. The summed E-state index contributed by atoms with van der Waals surface area (Å²) in [4.78, 5) is 24.3. The first kappa shape index (κ1) is 16.9. The largest absolute Gasteiger partial charge is 0.420 e. The molecule has 0 N–H and O–H groups in total. The van der Waals surface area contributed by atoms with E-state index in [9.17, 15) is 31.5 Å². The summed E-state index contributed by atoms with van der Waals surface area (Å²) in [6, 6.07) is 0. The molecule has 1 aliphatic rings. The Morgan fingerprint density at radius 3 is 1.96 bits per heavy atom. The molecule has 124 valence electrons. The Morgan fingerprint density at radius 2 is 1.48 bits per heavy atom. The highest BCUT2D eigenvalue weighted by atomic mass is 19.2. The molecule has 0 saturated heterocycles. The number of benzene rings is 1. The first-order chi connectivity index (χ1) is 10.8. The van der Waals surface area contributed by atoms with E-state index in [0.29, 0.717) is 6.54 Å². The van der Waals surface area contributed by atoms with Crippen LogP contribution in [0.4, 0.5) is 22.0 Å². The molecule has 4 nitrogen and oxygen atoms in total. The number of carbonyl (C=O) groups is 2. The van der Waals surface area contributed by atoms with Crippen molar-refractivity contribution in [3.8, 4) is 5.75 Å². The van der Waals surface area contributed by atoms with Gasteiger partial charge in [-0.15, -0.1) is 0 Å². The fourth-order valence-electron chi connectivity index (χ4n) is 1.76. The van der Waals surface area contributed by atoms with E-state index < -0.39 is 47.2 Å². The second kappa shape index (κ2) is 6.76. The third-order valence-corrected chi connectivity index (χ3v) is 3.06. The van der Waals surface area contributed by atoms with Crippen LogP contribution in [0.15, 0.2) is 12.3 Å².